The predicted molar refractivity (Wildman–Crippen MR) is 71.1 cm³/mol. The summed E-state index contributed by atoms with van der Waals surface area (Å²) in [4.78, 5) is 0. The molecular weight excluding hydrogens is 226 g/mol. The first-order valence-corrected chi connectivity index (χ1v) is 6.93. The predicted octanol–water partition coefficient (Wildman–Crippen LogP) is 2.18. The van der Waals surface area contributed by atoms with Crippen molar-refractivity contribution in [2.75, 3.05) is 32.9 Å². The largest absolute Gasteiger partial charge is 0.493 e. The van der Waals surface area contributed by atoms with Gasteiger partial charge in [0, 0.05) is 18.1 Å². The summed E-state index contributed by atoms with van der Waals surface area (Å²) in [5, 5.41) is 3.39. The molecule has 2 unspecified atom stereocenters. The maximum atomic E-state index is 5.83. The Morgan fingerprint density at radius 1 is 1.33 bits per heavy atom. The average molecular weight is 247 g/mol. The molecule has 1 N–H and O–H groups in total. The van der Waals surface area contributed by atoms with E-state index in [4.69, 9.17) is 9.47 Å². The van der Waals surface area contributed by atoms with E-state index in [9.17, 15) is 0 Å². The summed E-state index contributed by atoms with van der Waals surface area (Å²) in [6.45, 7) is 4.78. The van der Waals surface area contributed by atoms with Crippen LogP contribution in [0.4, 0.5) is 0 Å². The summed E-state index contributed by atoms with van der Waals surface area (Å²) in [7, 11) is 0. The van der Waals surface area contributed by atoms with Crippen molar-refractivity contribution in [2.45, 2.75) is 18.8 Å². The Morgan fingerprint density at radius 2 is 2.28 bits per heavy atom. The molecule has 1 aromatic carbocycles. The second-order valence-corrected chi connectivity index (χ2v) is 5.27. The highest BCUT2D eigenvalue weighted by atomic mass is 16.5. The highest BCUT2D eigenvalue weighted by molar-refractivity contribution is 5.39. The topological polar surface area (TPSA) is 30.5 Å². The Morgan fingerprint density at radius 3 is 3.17 bits per heavy atom. The lowest BCUT2D eigenvalue weighted by atomic mass is 10.0. The van der Waals surface area contributed by atoms with Crippen molar-refractivity contribution in [3.8, 4) is 5.75 Å². The molecule has 2 atom stereocenters. The van der Waals surface area contributed by atoms with Gasteiger partial charge in [-0.1, -0.05) is 18.2 Å². The first-order chi connectivity index (χ1) is 8.93. The molecule has 0 aliphatic carbocycles. The van der Waals surface area contributed by atoms with Crippen LogP contribution in [0.3, 0.4) is 0 Å². The zero-order chi connectivity index (χ0) is 12.2. The highest BCUT2D eigenvalue weighted by Gasteiger charge is 2.23. The van der Waals surface area contributed by atoms with Gasteiger partial charge in [0.25, 0.3) is 0 Å². The normalized spacial score (nSPS) is 26.0. The molecule has 0 saturated carbocycles. The van der Waals surface area contributed by atoms with E-state index in [0.29, 0.717) is 5.92 Å². The summed E-state index contributed by atoms with van der Waals surface area (Å²) < 4.78 is 11.5. The third-order valence-corrected chi connectivity index (χ3v) is 3.95. The molecule has 0 amide bonds. The molecule has 2 heterocycles. The number of hydrogen-bond donors (Lipinski definition) is 1. The van der Waals surface area contributed by atoms with Crippen molar-refractivity contribution in [1.29, 1.82) is 0 Å². The van der Waals surface area contributed by atoms with Crippen LogP contribution in [0.25, 0.3) is 0 Å². The van der Waals surface area contributed by atoms with Crippen LogP contribution in [0.15, 0.2) is 24.3 Å². The van der Waals surface area contributed by atoms with Gasteiger partial charge < -0.3 is 14.8 Å². The van der Waals surface area contributed by atoms with Gasteiger partial charge in [-0.3, -0.25) is 0 Å². The minimum Gasteiger partial charge on any atom is -0.493 e. The fourth-order valence-corrected chi connectivity index (χ4v) is 2.80. The summed E-state index contributed by atoms with van der Waals surface area (Å²) in [5.74, 6) is 2.27. The number of para-hydroxylation sites is 1. The maximum absolute atomic E-state index is 5.83. The number of nitrogens with one attached hydrogen (secondary N) is 1. The van der Waals surface area contributed by atoms with Crippen LogP contribution >= 0.6 is 0 Å². The smallest absolute Gasteiger partial charge is 0.123 e. The van der Waals surface area contributed by atoms with Crippen molar-refractivity contribution < 1.29 is 9.47 Å². The number of fused-ring (bicyclic) bond motifs is 1. The molecule has 3 rings (SSSR count). The van der Waals surface area contributed by atoms with Gasteiger partial charge in [0.1, 0.15) is 5.75 Å². The Kier molecular flexibility index (Phi) is 3.81. The third kappa shape index (κ3) is 2.68. The zero-order valence-corrected chi connectivity index (χ0v) is 10.7. The van der Waals surface area contributed by atoms with E-state index in [0.717, 1.165) is 31.5 Å². The van der Waals surface area contributed by atoms with Gasteiger partial charge in [-0.15, -0.1) is 0 Å². The van der Waals surface area contributed by atoms with Gasteiger partial charge in [-0.2, -0.15) is 0 Å². The zero-order valence-electron chi connectivity index (χ0n) is 10.7. The Bertz CT molecular complexity index is 388. The van der Waals surface area contributed by atoms with E-state index in [2.05, 4.69) is 17.4 Å². The van der Waals surface area contributed by atoms with E-state index in [1.54, 1.807) is 0 Å². The monoisotopic (exact) mass is 247 g/mol. The van der Waals surface area contributed by atoms with Crippen LogP contribution in [-0.4, -0.2) is 32.9 Å². The lowest BCUT2D eigenvalue weighted by Crippen LogP contribution is -2.13. The Balaban J connectivity index is 1.41. The molecule has 0 radical (unpaired) electrons. The van der Waals surface area contributed by atoms with Crippen LogP contribution in [-0.2, 0) is 4.74 Å². The Labute approximate surface area is 108 Å². The molecule has 98 valence electrons. The van der Waals surface area contributed by atoms with Crippen LogP contribution < -0.4 is 10.1 Å². The van der Waals surface area contributed by atoms with Gasteiger partial charge in [0.15, 0.2) is 0 Å². The van der Waals surface area contributed by atoms with E-state index >= 15 is 0 Å². The molecule has 3 heteroatoms. The van der Waals surface area contributed by atoms with Gasteiger partial charge in [0.2, 0.25) is 0 Å². The summed E-state index contributed by atoms with van der Waals surface area (Å²) in [6.07, 6.45) is 2.49. The van der Waals surface area contributed by atoms with E-state index < -0.39 is 0 Å². The average Bonchev–Trinajstić information content (AvgIpc) is 3.04. The lowest BCUT2D eigenvalue weighted by Gasteiger charge is -2.12. The van der Waals surface area contributed by atoms with Crippen molar-refractivity contribution in [3.05, 3.63) is 29.8 Å². The third-order valence-electron chi connectivity index (χ3n) is 3.95. The van der Waals surface area contributed by atoms with Crippen LogP contribution in [0.2, 0.25) is 0 Å². The summed E-state index contributed by atoms with van der Waals surface area (Å²) in [5.41, 5.74) is 1.31. The molecule has 0 spiro atoms. The first-order valence-electron chi connectivity index (χ1n) is 6.93. The molecule has 0 aromatic heterocycles. The van der Waals surface area contributed by atoms with Crippen molar-refractivity contribution in [2.24, 2.45) is 5.92 Å². The molecule has 1 fully saturated rings. The van der Waals surface area contributed by atoms with Crippen LogP contribution in [0, 0.1) is 5.92 Å². The molecule has 0 bridgehead atoms. The van der Waals surface area contributed by atoms with Crippen LogP contribution in [0.1, 0.15) is 24.3 Å². The number of hydrogen-bond acceptors (Lipinski definition) is 3. The highest BCUT2D eigenvalue weighted by Crippen LogP contribution is 2.33. The van der Waals surface area contributed by atoms with Crippen molar-refractivity contribution >= 4 is 0 Å². The molecule has 3 nitrogen and oxygen atoms in total. The SMILES string of the molecule is c1ccc2c(c1)OCC2COCCC1CCNC1. The van der Waals surface area contributed by atoms with Gasteiger partial charge in [-0.05, 0) is 37.9 Å². The second-order valence-electron chi connectivity index (χ2n) is 5.27. The minimum absolute atomic E-state index is 0.419. The van der Waals surface area contributed by atoms with Crippen LogP contribution in [0.5, 0.6) is 5.75 Å². The molecular formula is C15H21NO2. The molecule has 1 saturated heterocycles. The van der Waals surface area contributed by atoms with E-state index in [1.807, 2.05) is 12.1 Å². The maximum Gasteiger partial charge on any atom is 0.123 e. The fraction of sp³-hybridized carbons (Fsp3) is 0.600. The molecule has 1 aromatic rings. The number of benzene rings is 1. The van der Waals surface area contributed by atoms with E-state index in [1.165, 1.54) is 31.5 Å². The van der Waals surface area contributed by atoms with Gasteiger partial charge >= 0.3 is 0 Å². The fourth-order valence-electron chi connectivity index (χ4n) is 2.80. The standard InChI is InChI=1S/C15H21NO2/c1-2-4-15-14(3-1)13(11-18-15)10-17-8-6-12-5-7-16-9-12/h1-4,12-13,16H,5-11H2. The van der Waals surface area contributed by atoms with Gasteiger partial charge in [0.05, 0.1) is 13.2 Å². The van der Waals surface area contributed by atoms with E-state index in [-0.39, 0.29) is 0 Å². The number of ether oxygens (including phenoxy) is 2. The summed E-state index contributed by atoms with van der Waals surface area (Å²) >= 11 is 0. The quantitative estimate of drug-likeness (QED) is 0.809. The molecule has 2 aliphatic rings. The minimum atomic E-state index is 0.419. The second kappa shape index (κ2) is 5.72. The summed E-state index contributed by atoms with van der Waals surface area (Å²) in [6, 6.07) is 8.29. The van der Waals surface area contributed by atoms with Crippen molar-refractivity contribution in [1.82, 2.24) is 5.32 Å². The number of rotatable bonds is 5. The lowest BCUT2D eigenvalue weighted by molar-refractivity contribution is 0.102. The first kappa shape index (κ1) is 12.0. The van der Waals surface area contributed by atoms with Gasteiger partial charge in [-0.25, -0.2) is 0 Å². The van der Waals surface area contributed by atoms with Crippen molar-refractivity contribution in [3.63, 3.8) is 0 Å². The molecule has 2 aliphatic heterocycles. The molecule has 18 heavy (non-hydrogen) atoms. The Hall–Kier alpha value is -1.06.